The van der Waals surface area contributed by atoms with Crippen LogP contribution in [-0.2, 0) is 42.9 Å². The van der Waals surface area contributed by atoms with Crippen LogP contribution in [0.1, 0.15) is 226 Å². The summed E-state index contributed by atoms with van der Waals surface area (Å²) in [5.74, 6) is -3.34. The van der Waals surface area contributed by atoms with E-state index in [4.69, 9.17) is 23.7 Å². The zero-order valence-corrected chi connectivity index (χ0v) is 47.9. The first-order valence-electron chi connectivity index (χ1n) is 29.9. The maximum absolute atomic E-state index is 13.1. The van der Waals surface area contributed by atoms with Gasteiger partial charge in [0.2, 0.25) is 0 Å². The van der Waals surface area contributed by atoms with Crippen LogP contribution in [0.4, 0.5) is 0 Å². The highest BCUT2D eigenvalue weighted by Crippen LogP contribution is 2.26. The van der Waals surface area contributed by atoms with Crippen LogP contribution in [-0.4, -0.2) is 89.2 Å². The normalized spacial score (nSPS) is 18.8. The van der Waals surface area contributed by atoms with Gasteiger partial charge in [0.25, 0.3) is 0 Å². The van der Waals surface area contributed by atoms with Crippen LogP contribution in [0.25, 0.3) is 0 Å². The third-order valence-electron chi connectivity index (χ3n) is 12.8. The van der Waals surface area contributed by atoms with E-state index in [1.54, 1.807) is 6.08 Å². The van der Waals surface area contributed by atoms with Gasteiger partial charge in [-0.25, -0.2) is 4.79 Å². The highest BCUT2D eigenvalue weighted by molar-refractivity contribution is 5.74. The van der Waals surface area contributed by atoms with Gasteiger partial charge in [-0.1, -0.05) is 214 Å². The van der Waals surface area contributed by atoms with Gasteiger partial charge >= 0.3 is 23.9 Å². The largest absolute Gasteiger partial charge is 0.479 e. The topological polar surface area (TPSA) is 175 Å². The summed E-state index contributed by atoms with van der Waals surface area (Å²) < 4.78 is 28.3. The molecule has 1 fully saturated rings. The van der Waals surface area contributed by atoms with E-state index in [1.165, 1.54) is 83.5 Å². The van der Waals surface area contributed by atoms with Crippen LogP contribution < -0.4 is 0 Å². The number of esters is 3. The van der Waals surface area contributed by atoms with Gasteiger partial charge in [0.05, 0.1) is 13.0 Å². The van der Waals surface area contributed by atoms with Crippen molar-refractivity contribution in [3.63, 3.8) is 0 Å². The van der Waals surface area contributed by atoms with Crippen LogP contribution in [0.2, 0.25) is 0 Å². The second-order valence-electron chi connectivity index (χ2n) is 19.9. The summed E-state index contributed by atoms with van der Waals surface area (Å²) in [6.07, 6.45) is 58.1. The number of aliphatic carboxylic acids is 1. The lowest BCUT2D eigenvalue weighted by Crippen LogP contribution is -2.61. The molecule has 0 bridgehead atoms. The average molecular weight is 1080 g/mol. The van der Waals surface area contributed by atoms with Crippen molar-refractivity contribution in [1.29, 1.82) is 0 Å². The Hall–Kier alpha value is -4.62. The molecule has 0 radical (unpaired) electrons. The fourth-order valence-corrected chi connectivity index (χ4v) is 8.33. The van der Waals surface area contributed by atoms with Gasteiger partial charge in [-0.3, -0.25) is 14.4 Å². The lowest BCUT2D eigenvalue weighted by molar-refractivity contribution is -0.301. The number of hydrogen-bond donors (Lipinski definition) is 3. The third kappa shape index (κ3) is 42.1. The van der Waals surface area contributed by atoms with Gasteiger partial charge in [0.1, 0.15) is 18.8 Å². The van der Waals surface area contributed by atoms with Gasteiger partial charge in [-0.15, -0.1) is 0 Å². The molecule has 12 heteroatoms. The molecule has 0 spiro atoms. The molecule has 12 nitrogen and oxygen atoms in total. The molecule has 436 valence electrons. The molecule has 1 rings (SSSR count). The van der Waals surface area contributed by atoms with Crippen molar-refractivity contribution in [1.82, 2.24) is 0 Å². The maximum Gasteiger partial charge on any atom is 0.335 e. The number of aliphatic hydroxyl groups is 2. The van der Waals surface area contributed by atoms with Gasteiger partial charge in [-0.2, -0.15) is 0 Å². The van der Waals surface area contributed by atoms with Gasteiger partial charge in [0.15, 0.2) is 24.6 Å². The van der Waals surface area contributed by atoms with Gasteiger partial charge in [0, 0.05) is 12.8 Å². The minimum absolute atomic E-state index is 0.00972. The average Bonchev–Trinajstić information content (AvgIpc) is 3.41. The highest BCUT2D eigenvalue weighted by Gasteiger charge is 2.50. The van der Waals surface area contributed by atoms with E-state index in [1.807, 2.05) is 18.2 Å². The molecule has 0 aromatic rings. The number of aliphatic hydroxyl groups excluding tert-OH is 2. The van der Waals surface area contributed by atoms with Gasteiger partial charge < -0.3 is 39.0 Å². The summed E-state index contributed by atoms with van der Waals surface area (Å²) in [6, 6.07) is 0. The number of carbonyl (C=O) groups is 4. The molecule has 0 aromatic heterocycles. The number of hydrogen-bond acceptors (Lipinski definition) is 11. The molecular formula is C65H104O12. The lowest BCUT2D eigenvalue weighted by atomic mass is 9.98. The monoisotopic (exact) mass is 1080 g/mol. The van der Waals surface area contributed by atoms with E-state index in [-0.39, 0.29) is 25.9 Å². The molecule has 6 unspecified atom stereocenters. The standard InChI is InChI=1S/C65H104O12/c1-4-7-10-13-16-19-22-25-27-28-29-30-32-34-36-39-42-45-48-51-57(66)73-54-56(75-58(67)52-49-46-43-40-38-35-31-26-23-20-17-14-11-8-5-2)55-74-65-63(61(70)60(69)62(77-65)64(71)72)76-59(68)53-50-47-44-41-37-33-24-21-18-15-12-9-6-3/h8-9,11-12,17-18,20-21,25-27,31,33,37-38,40,46,49,56,60-63,65,69-70H,4-7,10,13-16,19,22-24,28-30,32,34-36,39,41-45,47-48,50-55H2,1-3H3,(H,71,72)/b11-8-,12-9-,20-17-,21-18-,27-25-,31-26-,37-33-,40-38-,49-46-. The van der Waals surface area contributed by atoms with Crippen LogP contribution in [0, 0.1) is 0 Å². The Morgan fingerprint density at radius 2 is 0.857 bits per heavy atom. The van der Waals surface area contributed by atoms with Crippen LogP contribution in [0.5, 0.6) is 0 Å². The van der Waals surface area contributed by atoms with Crippen molar-refractivity contribution < 1.29 is 58.2 Å². The van der Waals surface area contributed by atoms with Crippen molar-refractivity contribution in [2.75, 3.05) is 13.2 Å². The second-order valence-corrected chi connectivity index (χ2v) is 19.9. The Morgan fingerprint density at radius 1 is 0.455 bits per heavy atom. The Balaban J connectivity index is 2.74. The molecule has 0 saturated carbocycles. The van der Waals surface area contributed by atoms with Crippen LogP contribution >= 0.6 is 0 Å². The molecule has 3 N–H and O–H groups in total. The highest BCUT2D eigenvalue weighted by atomic mass is 16.7. The van der Waals surface area contributed by atoms with E-state index in [0.29, 0.717) is 19.3 Å². The number of allylic oxidation sites excluding steroid dienone is 17. The summed E-state index contributed by atoms with van der Waals surface area (Å²) >= 11 is 0. The van der Waals surface area contributed by atoms with E-state index >= 15 is 0 Å². The Morgan fingerprint density at radius 3 is 1.34 bits per heavy atom. The molecular weight excluding hydrogens is 973 g/mol. The van der Waals surface area contributed by atoms with Crippen molar-refractivity contribution in [2.24, 2.45) is 0 Å². The quantitative estimate of drug-likeness (QED) is 0.0228. The Kier molecular flexibility index (Phi) is 47.6. The lowest BCUT2D eigenvalue weighted by Gasteiger charge is -2.40. The molecule has 0 aromatic carbocycles. The summed E-state index contributed by atoms with van der Waals surface area (Å²) in [7, 11) is 0. The van der Waals surface area contributed by atoms with E-state index in [9.17, 15) is 34.5 Å². The Labute approximate surface area is 465 Å². The zero-order chi connectivity index (χ0) is 56.1. The van der Waals surface area contributed by atoms with E-state index in [0.717, 1.165) is 83.5 Å². The summed E-state index contributed by atoms with van der Waals surface area (Å²) in [6.45, 7) is 5.65. The maximum atomic E-state index is 13.1. The minimum Gasteiger partial charge on any atom is -0.479 e. The molecule has 1 saturated heterocycles. The molecule has 1 aliphatic rings. The first kappa shape index (κ1) is 70.4. The fraction of sp³-hybridized carbons (Fsp3) is 0.662. The van der Waals surface area contributed by atoms with Crippen molar-refractivity contribution in [3.05, 3.63) is 109 Å². The van der Waals surface area contributed by atoms with E-state index in [2.05, 4.69) is 106 Å². The predicted molar refractivity (Wildman–Crippen MR) is 312 cm³/mol. The summed E-state index contributed by atoms with van der Waals surface area (Å²) in [5.41, 5.74) is 0. The third-order valence-corrected chi connectivity index (χ3v) is 12.8. The van der Waals surface area contributed by atoms with Crippen molar-refractivity contribution in [2.45, 2.75) is 263 Å². The molecule has 0 aliphatic carbocycles. The zero-order valence-electron chi connectivity index (χ0n) is 47.9. The SMILES string of the molecule is CC/C=C\C/C=C\C/C=C\C/C=C\C/C=C\CC(=O)OC(COC(=O)CCCCCCCCCCC/C=C\CCCCCCCC)COC1OC(C(=O)O)C(O)C(O)C1OC(=O)CCCCC/C=C\C/C=C\C/C=C\CC. The summed E-state index contributed by atoms with van der Waals surface area (Å²) in [5, 5.41) is 31.4. The predicted octanol–water partition coefficient (Wildman–Crippen LogP) is 15.4. The number of rotatable bonds is 49. The summed E-state index contributed by atoms with van der Waals surface area (Å²) in [4.78, 5) is 51.1. The number of ether oxygens (including phenoxy) is 5. The first-order valence-corrected chi connectivity index (χ1v) is 29.9. The Bertz CT molecular complexity index is 1750. The minimum atomic E-state index is -1.93. The smallest absolute Gasteiger partial charge is 0.335 e. The molecule has 1 heterocycles. The van der Waals surface area contributed by atoms with Crippen molar-refractivity contribution >= 4 is 23.9 Å². The van der Waals surface area contributed by atoms with E-state index < -0.39 is 67.3 Å². The number of carboxylic acids is 1. The molecule has 6 atom stereocenters. The number of carbonyl (C=O) groups excluding carboxylic acids is 3. The van der Waals surface area contributed by atoms with Crippen LogP contribution in [0.3, 0.4) is 0 Å². The second kappa shape index (κ2) is 52.1. The fourth-order valence-electron chi connectivity index (χ4n) is 8.33. The molecule has 77 heavy (non-hydrogen) atoms. The molecule has 1 aliphatic heterocycles. The first-order chi connectivity index (χ1) is 37.6. The number of unbranched alkanes of at least 4 members (excludes halogenated alkanes) is 18. The number of carboxylic acid groups (broad SMARTS) is 1. The van der Waals surface area contributed by atoms with Gasteiger partial charge in [-0.05, 0) is 103 Å². The van der Waals surface area contributed by atoms with Crippen LogP contribution in [0.15, 0.2) is 109 Å². The van der Waals surface area contributed by atoms with Crippen molar-refractivity contribution in [3.8, 4) is 0 Å². The molecule has 0 amide bonds.